The van der Waals surface area contributed by atoms with Crippen molar-refractivity contribution in [3.63, 3.8) is 0 Å². The zero-order valence-corrected chi connectivity index (χ0v) is 12.5. The summed E-state index contributed by atoms with van der Waals surface area (Å²) in [5.74, 6) is -2.10. The Bertz CT molecular complexity index is 505. The van der Waals surface area contributed by atoms with Crippen LogP contribution in [0.3, 0.4) is 0 Å². The van der Waals surface area contributed by atoms with Gasteiger partial charge in [0, 0.05) is 0 Å². The molecule has 0 heterocycles. The molecule has 0 aliphatic rings. The Morgan fingerprint density at radius 2 is 1.95 bits per heavy atom. The van der Waals surface area contributed by atoms with E-state index in [-0.39, 0.29) is 10.6 Å². The van der Waals surface area contributed by atoms with Gasteiger partial charge in [-0.15, -0.1) is 0 Å². The largest absolute Gasteiger partial charge is 0.458 e. The van der Waals surface area contributed by atoms with Gasteiger partial charge in [-0.1, -0.05) is 17.7 Å². The predicted molar refractivity (Wildman–Crippen MR) is 74.2 cm³/mol. The van der Waals surface area contributed by atoms with Crippen molar-refractivity contribution >= 4 is 23.5 Å². The quantitative estimate of drug-likeness (QED) is 0.873. The third kappa shape index (κ3) is 4.49. The van der Waals surface area contributed by atoms with Crippen LogP contribution in [0.5, 0.6) is 0 Å². The van der Waals surface area contributed by atoms with Crippen LogP contribution in [0.25, 0.3) is 0 Å². The Balaban J connectivity index is 2.78. The number of rotatable bonds is 3. The highest BCUT2D eigenvalue weighted by Crippen LogP contribution is 2.19. The van der Waals surface area contributed by atoms with E-state index in [1.54, 1.807) is 20.8 Å². The molecule has 0 spiro atoms. The van der Waals surface area contributed by atoms with Gasteiger partial charge in [0.05, 0.1) is 10.6 Å². The second-order valence-electron chi connectivity index (χ2n) is 5.33. The summed E-state index contributed by atoms with van der Waals surface area (Å²) in [6.45, 7) is 6.61. The van der Waals surface area contributed by atoms with Crippen LogP contribution in [0.1, 0.15) is 38.1 Å². The summed E-state index contributed by atoms with van der Waals surface area (Å²) >= 11 is 5.78. The average Bonchev–Trinajstić information content (AvgIpc) is 2.26. The molecule has 0 bridgehead atoms. The van der Waals surface area contributed by atoms with Gasteiger partial charge in [-0.2, -0.15) is 0 Å². The van der Waals surface area contributed by atoms with E-state index >= 15 is 0 Å². The first kappa shape index (κ1) is 16.4. The Hall–Kier alpha value is -1.62. The van der Waals surface area contributed by atoms with Crippen molar-refractivity contribution in [2.24, 2.45) is 0 Å². The molecule has 4 nitrogen and oxygen atoms in total. The van der Waals surface area contributed by atoms with Crippen LogP contribution in [0, 0.1) is 5.82 Å². The van der Waals surface area contributed by atoms with Gasteiger partial charge in [0.15, 0.2) is 0 Å². The summed E-state index contributed by atoms with van der Waals surface area (Å²) in [5.41, 5.74) is -0.948. The van der Waals surface area contributed by atoms with E-state index in [1.807, 2.05) is 0 Å². The van der Waals surface area contributed by atoms with Crippen molar-refractivity contribution < 1.29 is 18.7 Å². The number of ether oxygens (including phenoxy) is 1. The van der Waals surface area contributed by atoms with Crippen molar-refractivity contribution in [2.75, 3.05) is 0 Å². The normalized spacial score (nSPS) is 12.7. The summed E-state index contributed by atoms with van der Waals surface area (Å²) < 4.78 is 18.7. The highest BCUT2D eigenvalue weighted by molar-refractivity contribution is 6.33. The van der Waals surface area contributed by atoms with E-state index in [4.69, 9.17) is 16.3 Å². The standard InChI is InChI=1S/C14H17ClFNO3/c1-8(13(19)20-14(2,3)4)17-12(18)11-9(15)6-5-7-10(11)16/h5-8H,1-4H3,(H,17,18)/t8-/m1/s1. The van der Waals surface area contributed by atoms with Crippen LogP contribution in [-0.2, 0) is 9.53 Å². The minimum Gasteiger partial charge on any atom is -0.458 e. The van der Waals surface area contributed by atoms with Crippen LogP contribution in [0.15, 0.2) is 18.2 Å². The van der Waals surface area contributed by atoms with E-state index in [1.165, 1.54) is 19.1 Å². The lowest BCUT2D eigenvalue weighted by Crippen LogP contribution is -2.42. The fourth-order valence-corrected chi connectivity index (χ4v) is 1.68. The molecular formula is C14H17ClFNO3. The molecule has 1 amide bonds. The number of hydrogen-bond acceptors (Lipinski definition) is 3. The minimum atomic E-state index is -0.905. The van der Waals surface area contributed by atoms with Gasteiger partial charge in [-0.25, -0.2) is 9.18 Å². The maximum Gasteiger partial charge on any atom is 0.328 e. The van der Waals surface area contributed by atoms with Gasteiger partial charge < -0.3 is 10.1 Å². The Morgan fingerprint density at radius 3 is 2.45 bits per heavy atom. The number of benzene rings is 1. The van der Waals surface area contributed by atoms with Crippen LogP contribution in [-0.4, -0.2) is 23.5 Å². The number of halogens is 2. The van der Waals surface area contributed by atoms with Gasteiger partial charge in [0.1, 0.15) is 17.5 Å². The molecule has 0 aliphatic heterocycles. The number of nitrogens with one attached hydrogen (secondary N) is 1. The third-order valence-electron chi connectivity index (χ3n) is 2.30. The molecule has 1 N–H and O–H groups in total. The zero-order valence-electron chi connectivity index (χ0n) is 11.8. The molecule has 0 aromatic heterocycles. The fourth-order valence-electron chi connectivity index (χ4n) is 1.43. The lowest BCUT2D eigenvalue weighted by Gasteiger charge is -2.22. The average molecular weight is 302 g/mol. The highest BCUT2D eigenvalue weighted by atomic mass is 35.5. The SMILES string of the molecule is C[C@@H](NC(=O)c1c(F)cccc1Cl)C(=O)OC(C)(C)C. The molecule has 0 unspecified atom stereocenters. The zero-order chi connectivity index (χ0) is 15.5. The van der Waals surface area contributed by atoms with Crippen LogP contribution in [0.2, 0.25) is 5.02 Å². The Labute approximate surface area is 122 Å². The lowest BCUT2D eigenvalue weighted by atomic mass is 10.1. The van der Waals surface area contributed by atoms with Gasteiger partial charge in [0.25, 0.3) is 5.91 Å². The molecule has 6 heteroatoms. The summed E-state index contributed by atoms with van der Waals surface area (Å²) in [6.07, 6.45) is 0. The molecule has 110 valence electrons. The van der Waals surface area contributed by atoms with Gasteiger partial charge in [-0.05, 0) is 39.8 Å². The van der Waals surface area contributed by atoms with Crippen molar-refractivity contribution in [2.45, 2.75) is 39.3 Å². The molecule has 20 heavy (non-hydrogen) atoms. The summed E-state index contributed by atoms with van der Waals surface area (Å²) in [5, 5.41) is 2.35. The molecule has 0 saturated carbocycles. The minimum absolute atomic E-state index is 0.0149. The van der Waals surface area contributed by atoms with E-state index in [2.05, 4.69) is 5.32 Å². The van der Waals surface area contributed by atoms with E-state index in [9.17, 15) is 14.0 Å². The van der Waals surface area contributed by atoms with E-state index < -0.39 is 29.3 Å². The fraction of sp³-hybridized carbons (Fsp3) is 0.429. The monoisotopic (exact) mass is 301 g/mol. The maximum atomic E-state index is 13.6. The first-order chi connectivity index (χ1) is 9.11. The molecule has 1 rings (SSSR count). The van der Waals surface area contributed by atoms with Crippen molar-refractivity contribution in [1.82, 2.24) is 5.32 Å². The molecule has 0 aliphatic carbocycles. The highest BCUT2D eigenvalue weighted by Gasteiger charge is 2.25. The van der Waals surface area contributed by atoms with Gasteiger partial charge in [0.2, 0.25) is 0 Å². The summed E-state index contributed by atoms with van der Waals surface area (Å²) in [6, 6.07) is 3.01. The van der Waals surface area contributed by atoms with Crippen molar-refractivity contribution in [1.29, 1.82) is 0 Å². The van der Waals surface area contributed by atoms with Crippen molar-refractivity contribution in [3.8, 4) is 0 Å². The number of carbonyl (C=O) groups excluding carboxylic acids is 2. The summed E-state index contributed by atoms with van der Waals surface area (Å²) in [7, 11) is 0. The first-order valence-electron chi connectivity index (χ1n) is 6.09. The number of hydrogen-bond donors (Lipinski definition) is 1. The first-order valence-corrected chi connectivity index (χ1v) is 6.47. The molecule has 1 aromatic rings. The van der Waals surface area contributed by atoms with Gasteiger partial charge in [-0.3, -0.25) is 4.79 Å². The van der Waals surface area contributed by atoms with Crippen LogP contribution < -0.4 is 5.32 Å². The Morgan fingerprint density at radius 1 is 1.35 bits per heavy atom. The van der Waals surface area contributed by atoms with Crippen LogP contribution >= 0.6 is 11.6 Å². The number of esters is 1. The van der Waals surface area contributed by atoms with E-state index in [0.29, 0.717) is 0 Å². The molecule has 0 saturated heterocycles. The molecule has 1 atom stereocenters. The summed E-state index contributed by atoms with van der Waals surface area (Å²) in [4.78, 5) is 23.7. The second kappa shape index (κ2) is 6.22. The maximum absolute atomic E-state index is 13.6. The Kier molecular flexibility index (Phi) is 5.11. The van der Waals surface area contributed by atoms with Crippen LogP contribution in [0.4, 0.5) is 4.39 Å². The predicted octanol–water partition coefficient (Wildman–Crippen LogP) is 2.94. The lowest BCUT2D eigenvalue weighted by molar-refractivity contribution is -0.156. The third-order valence-corrected chi connectivity index (χ3v) is 2.61. The topological polar surface area (TPSA) is 55.4 Å². The molecule has 0 radical (unpaired) electrons. The molecular weight excluding hydrogens is 285 g/mol. The van der Waals surface area contributed by atoms with E-state index in [0.717, 1.165) is 6.07 Å². The molecule has 0 fully saturated rings. The molecule has 1 aromatic carbocycles. The smallest absolute Gasteiger partial charge is 0.328 e. The second-order valence-corrected chi connectivity index (χ2v) is 5.73. The number of amides is 1. The van der Waals surface area contributed by atoms with Gasteiger partial charge >= 0.3 is 5.97 Å². The number of carbonyl (C=O) groups is 2. The van der Waals surface area contributed by atoms with Crippen molar-refractivity contribution in [3.05, 3.63) is 34.6 Å².